The number of hydrogen-bond acceptors (Lipinski definition) is 3. The van der Waals surface area contributed by atoms with Gasteiger partial charge in [-0.15, -0.1) is 0 Å². The summed E-state index contributed by atoms with van der Waals surface area (Å²) in [6.07, 6.45) is 2.35. The van der Waals surface area contributed by atoms with Gasteiger partial charge in [0.05, 0.1) is 5.52 Å². The largest absolute Gasteiger partial charge is 0.417 e. The van der Waals surface area contributed by atoms with E-state index in [0.717, 1.165) is 17.6 Å². The first-order chi connectivity index (χ1) is 11.2. The number of rotatable bonds is 4. The zero-order chi connectivity index (χ0) is 16.2. The molecule has 1 amide bonds. The van der Waals surface area contributed by atoms with Crippen LogP contribution in [0.1, 0.15) is 18.9 Å². The van der Waals surface area contributed by atoms with Crippen LogP contribution in [0.2, 0.25) is 0 Å². The van der Waals surface area contributed by atoms with Crippen molar-refractivity contribution in [2.45, 2.75) is 13.3 Å². The van der Waals surface area contributed by atoms with Crippen LogP contribution in [0.5, 0.6) is 0 Å². The molecule has 0 saturated carbocycles. The number of carbonyl (C=O) groups excluding carboxylic acids is 1. The number of amides is 1. The Hall–Kier alpha value is -3.08. The smallest absolute Gasteiger partial charge is 0.408 e. The van der Waals surface area contributed by atoms with E-state index in [1.165, 1.54) is 0 Å². The lowest BCUT2D eigenvalue weighted by Crippen LogP contribution is -2.08. The summed E-state index contributed by atoms with van der Waals surface area (Å²) in [5.74, 6) is -0.725. The number of anilines is 1. The summed E-state index contributed by atoms with van der Waals surface area (Å²) in [6.45, 7) is 2.01. The molecule has 5 nitrogen and oxygen atoms in total. The van der Waals surface area contributed by atoms with Gasteiger partial charge in [0, 0.05) is 11.8 Å². The minimum absolute atomic E-state index is 0.212. The van der Waals surface area contributed by atoms with Crippen LogP contribution < -0.4 is 11.1 Å². The molecule has 3 rings (SSSR count). The summed E-state index contributed by atoms with van der Waals surface area (Å²) in [7, 11) is 0. The number of benzene rings is 2. The van der Waals surface area contributed by atoms with Gasteiger partial charge in [-0.1, -0.05) is 37.3 Å². The van der Waals surface area contributed by atoms with Crippen molar-refractivity contribution in [3.63, 3.8) is 0 Å². The highest BCUT2D eigenvalue weighted by molar-refractivity contribution is 6.04. The van der Waals surface area contributed by atoms with Gasteiger partial charge in [0.1, 0.15) is 0 Å². The summed E-state index contributed by atoms with van der Waals surface area (Å²) in [5, 5.41) is 2.80. The van der Waals surface area contributed by atoms with Gasteiger partial charge in [-0.3, -0.25) is 9.78 Å². The maximum atomic E-state index is 12.2. The van der Waals surface area contributed by atoms with E-state index < -0.39 is 5.76 Å². The molecule has 0 spiro atoms. The lowest BCUT2D eigenvalue weighted by atomic mass is 10.0. The van der Waals surface area contributed by atoms with Crippen molar-refractivity contribution in [2.75, 3.05) is 5.32 Å². The molecule has 0 aliphatic heterocycles. The summed E-state index contributed by atoms with van der Waals surface area (Å²) < 4.78 is 4.93. The molecular formula is C18H16N2O3. The summed E-state index contributed by atoms with van der Waals surface area (Å²) >= 11 is 0. The van der Waals surface area contributed by atoms with Crippen molar-refractivity contribution in [2.24, 2.45) is 0 Å². The van der Waals surface area contributed by atoms with E-state index in [1.54, 1.807) is 24.3 Å². The lowest BCUT2D eigenvalue weighted by Gasteiger charge is -2.06. The number of fused-ring (bicyclic) bond motifs is 1. The van der Waals surface area contributed by atoms with Crippen molar-refractivity contribution in [1.82, 2.24) is 4.98 Å². The van der Waals surface area contributed by atoms with Crippen LogP contribution in [0.4, 0.5) is 5.69 Å². The number of aromatic nitrogens is 1. The molecular weight excluding hydrogens is 292 g/mol. The molecule has 1 heterocycles. The molecule has 0 saturated heterocycles. The minimum Gasteiger partial charge on any atom is -0.408 e. The molecule has 23 heavy (non-hydrogen) atoms. The van der Waals surface area contributed by atoms with Crippen LogP contribution in [0, 0.1) is 0 Å². The van der Waals surface area contributed by atoms with Gasteiger partial charge in [0.15, 0.2) is 5.58 Å². The molecule has 0 aliphatic carbocycles. The molecule has 0 aliphatic rings. The van der Waals surface area contributed by atoms with Crippen LogP contribution in [0.3, 0.4) is 0 Å². The molecule has 1 aromatic heterocycles. The van der Waals surface area contributed by atoms with Gasteiger partial charge in [-0.2, -0.15) is 0 Å². The molecule has 2 N–H and O–H groups in total. The first-order valence-corrected chi connectivity index (χ1v) is 7.35. The zero-order valence-corrected chi connectivity index (χ0v) is 12.6. The Morgan fingerprint density at radius 3 is 2.74 bits per heavy atom. The number of nitrogens with one attached hydrogen (secondary N) is 2. The molecule has 5 heteroatoms. The molecule has 0 radical (unpaired) electrons. The normalized spacial score (nSPS) is 11.6. The van der Waals surface area contributed by atoms with E-state index in [1.807, 2.05) is 37.3 Å². The Morgan fingerprint density at radius 2 is 2.00 bits per heavy atom. The van der Waals surface area contributed by atoms with Crippen LogP contribution in [-0.2, 0) is 4.79 Å². The maximum Gasteiger partial charge on any atom is 0.417 e. The zero-order valence-electron chi connectivity index (χ0n) is 12.6. The monoisotopic (exact) mass is 308 g/mol. The van der Waals surface area contributed by atoms with E-state index in [4.69, 9.17) is 4.42 Å². The molecule has 2 aromatic carbocycles. The quantitative estimate of drug-likeness (QED) is 0.724. The van der Waals surface area contributed by atoms with Crippen LogP contribution in [-0.4, -0.2) is 10.9 Å². The predicted octanol–water partition coefficient (Wildman–Crippen LogP) is 3.55. The Kier molecular flexibility index (Phi) is 4.10. The predicted molar refractivity (Wildman–Crippen MR) is 90.2 cm³/mol. The fourth-order valence-corrected chi connectivity index (χ4v) is 2.41. The summed E-state index contributed by atoms with van der Waals surface area (Å²) in [6, 6.07) is 14.8. The third kappa shape index (κ3) is 3.40. The SMILES string of the molecule is CC/C(=C\C(=O)Nc1ccc2oc(=O)[nH]c2c1)c1ccccc1. The molecule has 3 aromatic rings. The van der Waals surface area contributed by atoms with Crippen molar-refractivity contribution in [1.29, 1.82) is 0 Å². The van der Waals surface area contributed by atoms with Crippen LogP contribution in [0.25, 0.3) is 16.7 Å². The van der Waals surface area contributed by atoms with Crippen molar-refractivity contribution < 1.29 is 9.21 Å². The number of H-pyrrole nitrogens is 1. The van der Waals surface area contributed by atoms with Crippen LogP contribution in [0.15, 0.2) is 63.8 Å². The number of hydrogen-bond donors (Lipinski definition) is 2. The standard InChI is InChI=1S/C18H16N2O3/c1-2-12(13-6-4-3-5-7-13)10-17(21)19-14-8-9-16-15(11-14)20-18(22)23-16/h3-11H,2H2,1H3,(H,19,21)(H,20,22)/b12-10+. The molecule has 116 valence electrons. The molecule has 0 bridgehead atoms. The van der Waals surface area contributed by atoms with Gasteiger partial charge in [-0.25, -0.2) is 4.79 Å². The lowest BCUT2D eigenvalue weighted by molar-refractivity contribution is -0.111. The van der Waals surface area contributed by atoms with Crippen molar-refractivity contribution >= 4 is 28.3 Å². The maximum absolute atomic E-state index is 12.2. The Morgan fingerprint density at radius 1 is 1.22 bits per heavy atom. The first-order valence-electron chi connectivity index (χ1n) is 7.35. The van der Waals surface area contributed by atoms with E-state index in [-0.39, 0.29) is 5.91 Å². The van der Waals surface area contributed by atoms with E-state index in [9.17, 15) is 9.59 Å². The number of aromatic amines is 1. The number of oxazole rings is 1. The van der Waals surface area contributed by atoms with Gasteiger partial charge >= 0.3 is 5.76 Å². The average molecular weight is 308 g/mol. The average Bonchev–Trinajstić information content (AvgIpc) is 2.92. The minimum atomic E-state index is -0.513. The second-order valence-corrected chi connectivity index (χ2v) is 5.10. The fraction of sp³-hybridized carbons (Fsp3) is 0.111. The Labute approximate surface area is 132 Å². The van der Waals surface area contributed by atoms with E-state index in [0.29, 0.717) is 16.8 Å². The van der Waals surface area contributed by atoms with Crippen LogP contribution >= 0.6 is 0 Å². The van der Waals surface area contributed by atoms with Crippen molar-refractivity contribution in [3.8, 4) is 0 Å². The molecule has 0 atom stereocenters. The third-order valence-corrected chi connectivity index (χ3v) is 3.52. The highest BCUT2D eigenvalue weighted by Crippen LogP contribution is 2.19. The summed E-state index contributed by atoms with van der Waals surface area (Å²) in [4.78, 5) is 25.9. The highest BCUT2D eigenvalue weighted by atomic mass is 16.4. The summed E-state index contributed by atoms with van der Waals surface area (Å²) in [5.41, 5.74) is 3.60. The van der Waals surface area contributed by atoms with E-state index >= 15 is 0 Å². The fourth-order valence-electron chi connectivity index (χ4n) is 2.41. The molecule has 0 unspecified atom stereocenters. The van der Waals surface area contributed by atoms with Gasteiger partial charge < -0.3 is 9.73 Å². The number of allylic oxidation sites excluding steroid dienone is 1. The van der Waals surface area contributed by atoms with Gasteiger partial charge in [-0.05, 0) is 35.8 Å². The van der Waals surface area contributed by atoms with Crippen molar-refractivity contribution in [3.05, 3.63) is 70.7 Å². The van der Waals surface area contributed by atoms with Gasteiger partial charge in [0.25, 0.3) is 0 Å². The topological polar surface area (TPSA) is 75.1 Å². The second-order valence-electron chi connectivity index (χ2n) is 5.10. The third-order valence-electron chi connectivity index (χ3n) is 3.52. The van der Waals surface area contributed by atoms with E-state index in [2.05, 4.69) is 10.3 Å². The first kappa shape index (κ1) is 14.8. The van der Waals surface area contributed by atoms with Gasteiger partial charge in [0.2, 0.25) is 5.91 Å². The molecule has 0 fully saturated rings. The Balaban J connectivity index is 1.81. The highest BCUT2D eigenvalue weighted by Gasteiger charge is 2.06. The number of carbonyl (C=O) groups is 1. The second kappa shape index (κ2) is 6.36. The Bertz CT molecular complexity index is 920.